The first-order chi connectivity index (χ1) is 8.06. The molecule has 2 rings (SSSR count). The van der Waals surface area contributed by atoms with Crippen molar-refractivity contribution in [2.24, 2.45) is 7.05 Å². The summed E-state index contributed by atoms with van der Waals surface area (Å²) in [5.41, 5.74) is 1.45. The number of hydrogen-bond donors (Lipinski definition) is 1. The number of halogens is 2. The number of aliphatic hydroxyl groups excluding tert-OH is 1. The van der Waals surface area contributed by atoms with E-state index in [4.69, 9.17) is 23.2 Å². The maximum Gasteiger partial charge on any atom is 0.102 e. The van der Waals surface area contributed by atoms with Crippen LogP contribution >= 0.6 is 23.2 Å². The molecule has 1 aromatic heterocycles. The van der Waals surface area contributed by atoms with E-state index in [-0.39, 0.29) is 0 Å². The Kier molecular flexibility index (Phi) is 3.72. The highest BCUT2D eigenvalue weighted by Gasteiger charge is 2.13. The standard InChI is InChI=1S/C12H12Cl2N2O/c1-16-6-11(15-7-16)12(17)5-8-4-9(13)2-3-10(8)14/h2-4,6-7,12,17H,5H2,1H3. The molecule has 0 aliphatic carbocycles. The summed E-state index contributed by atoms with van der Waals surface area (Å²) < 4.78 is 1.79. The minimum Gasteiger partial charge on any atom is -0.386 e. The average Bonchev–Trinajstić information content (AvgIpc) is 2.70. The lowest BCUT2D eigenvalue weighted by molar-refractivity contribution is 0.174. The topological polar surface area (TPSA) is 38.0 Å². The molecule has 0 spiro atoms. The number of benzene rings is 1. The highest BCUT2D eigenvalue weighted by molar-refractivity contribution is 6.33. The smallest absolute Gasteiger partial charge is 0.102 e. The number of imidazole rings is 1. The molecule has 5 heteroatoms. The number of aromatic nitrogens is 2. The van der Waals surface area contributed by atoms with E-state index in [1.807, 2.05) is 7.05 Å². The summed E-state index contributed by atoms with van der Waals surface area (Å²) >= 11 is 11.9. The third-order valence-electron chi connectivity index (χ3n) is 2.49. The summed E-state index contributed by atoms with van der Waals surface area (Å²) in [7, 11) is 1.86. The van der Waals surface area contributed by atoms with Gasteiger partial charge in [0.05, 0.1) is 12.0 Å². The van der Waals surface area contributed by atoms with E-state index in [2.05, 4.69) is 4.98 Å². The Labute approximate surface area is 110 Å². The Morgan fingerprint density at radius 3 is 2.82 bits per heavy atom. The van der Waals surface area contributed by atoms with Gasteiger partial charge in [-0.05, 0) is 23.8 Å². The van der Waals surface area contributed by atoms with E-state index in [0.717, 1.165) is 5.56 Å². The molecule has 2 aromatic rings. The Bertz CT molecular complexity index is 525. The lowest BCUT2D eigenvalue weighted by Gasteiger charge is -2.09. The number of aryl methyl sites for hydroxylation is 1. The molecule has 0 fully saturated rings. The van der Waals surface area contributed by atoms with Crippen molar-refractivity contribution in [1.82, 2.24) is 9.55 Å². The van der Waals surface area contributed by atoms with Gasteiger partial charge in [-0.1, -0.05) is 23.2 Å². The lowest BCUT2D eigenvalue weighted by Crippen LogP contribution is -2.02. The van der Waals surface area contributed by atoms with E-state index in [9.17, 15) is 5.11 Å². The normalized spacial score (nSPS) is 12.7. The molecule has 3 nitrogen and oxygen atoms in total. The van der Waals surface area contributed by atoms with Crippen molar-refractivity contribution in [2.45, 2.75) is 12.5 Å². The molecule has 1 atom stereocenters. The van der Waals surface area contributed by atoms with Crippen LogP contribution in [-0.4, -0.2) is 14.7 Å². The Morgan fingerprint density at radius 2 is 2.18 bits per heavy atom. The van der Waals surface area contributed by atoms with Crippen LogP contribution in [0.5, 0.6) is 0 Å². The molecule has 17 heavy (non-hydrogen) atoms. The molecular formula is C12H12Cl2N2O. The summed E-state index contributed by atoms with van der Waals surface area (Å²) in [5, 5.41) is 11.2. The summed E-state index contributed by atoms with van der Waals surface area (Å²) in [5.74, 6) is 0. The molecule has 1 heterocycles. The zero-order valence-electron chi connectivity index (χ0n) is 9.27. The zero-order valence-corrected chi connectivity index (χ0v) is 10.8. The zero-order chi connectivity index (χ0) is 12.4. The van der Waals surface area contributed by atoms with E-state index < -0.39 is 6.10 Å². The van der Waals surface area contributed by atoms with Gasteiger partial charge in [-0.3, -0.25) is 0 Å². The van der Waals surface area contributed by atoms with Gasteiger partial charge in [0.25, 0.3) is 0 Å². The van der Waals surface area contributed by atoms with Crippen molar-refractivity contribution in [3.05, 3.63) is 52.0 Å². The van der Waals surface area contributed by atoms with Gasteiger partial charge in [-0.25, -0.2) is 4.98 Å². The molecule has 0 saturated carbocycles. The van der Waals surface area contributed by atoms with Crippen molar-refractivity contribution >= 4 is 23.2 Å². The SMILES string of the molecule is Cn1cnc(C(O)Cc2cc(Cl)ccc2Cl)c1. The molecule has 0 amide bonds. The van der Waals surface area contributed by atoms with Crippen molar-refractivity contribution in [3.8, 4) is 0 Å². The van der Waals surface area contributed by atoms with E-state index >= 15 is 0 Å². The van der Waals surface area contributed by atoms with Gasteiger partial charge in [0.2, 0.25) is 0 Å². The van der Waals surface area contributed by atoms with Gasteiger partial charge < -0.3 is 9.67 Å². The van der Waals surface area contributed by atoms with Crippen LogP contribution in [0, 0.1) is 0 Å². The number of hydrogen-bond acceptors (Lipinski definition) is 2. The van der Waals surface area contributed by atoms with Gasteiger partial charge >= 0.3 is 0 Å². The van der Waals surface area contributed by atoms with Crippen LogP contribution in [0.3, 0.4) is 0 Å². The molecule has 0 bridgehead atoms. The minimum atomic E-state index is -0.674. The van der Waals surface area contributed by atoms with Crippen molar-refractivity contribution in [3.63, 3.8) is 0 Å². The van der Waals surface area contributed by atoms with Crippen molar-refractivity contribution in [2.75, 3.05) is 0 Å². The van der Waals surface area contributed by atoms with Gasteiger partial charge in [0.15, 0.2) is 0 Å². The second-order valence-electron chi connectivity index (χ2n) is 3.92. The average molecular weight is 271 g/mol. The predicted molar refractivity (Wildman–Crippen MR) is 68.3 cm³/mol. The molecule has 0 aliphatic heterocycles. The van der Waals surface area contributed by atoms with Crippen LogP contribution in [0.25, 0.3) is 0 Å². The van der Waals surface area contributed by atoms with Crippen LogP contribution in [0.1, 0.15) is 17.4 Å². The fourth-order valence-corrected chi connectivity index (χ4v) is 2.01. The molecule has 1 aromatic carbocycles. The number of nitrogens with zero attached hydrogens (tertiary/aromatic N) is 2. The van der Waals surface area contributed by atoms with E-state index in [1.165, 1.54) is 0 Å². The Hall–Kier alpha value is -1.03. The van der Waals surface area contributed by atoms with Crippen LogP contribution in [0.2, 0.25) is 10.0 Å². The quantitative estimate of drug-likeness (QED) is 0.931. The Balaban J connectivity index is 2.18. The summed E-state index contributed by atoms with van der Waals surface area (Å²) in [6, 6.07) is 5.21. The highest BCUT2D eigenvalue weighted by Crippen LogP contribution is 2.25. The first-order valence-electron chi connectivity index (χ1n) is 5.16. The monoisotopic (exact) mass is 270 g/mol. The minimum absolute atomic E-state index is 0.399. The fourth-order valence-electron chi connectivity index (χ4n) is 1.62. The molecule has 1 N–H and O–H groups in total. The van der Waals surface area contributed by atoms with Crippen LogP contribution in [0.4, 0.5) is 0 Å². The molecule has 0 aliphatic rings. The Morgan fingerprint density at radius 1 is 1.41 bits per heavy atom. The molecule has 1 unspecified atom stereocenters. The van der Waals surface area contributed by atoms with Crippen molar-refractivity contribution < 1.29 is 5.11 Å². The lowest BCUT2D eigenvalue weighted by atomic mass is 10.1. The molecule has 0 radical (unpaired) electrons. The van der Waals surface area contributed by atoms with Crippen molar-refractivity contribution in [1.29, 1.82) is 0 Å². The number of rotatable bonds is 3. The van der Waals surface area contributed by atoms with Gasteiger partial charge in [0, 0.05) is 29.7 Å². The molecule has 90 valence electrons. The van der Waals surface area contributed by atoms with Gasteiger partial charge in [-0.15, -0.1) is 0 Å². The predicted octanol–water partition coefficient (Wildman–Crippen LogP) is 3.00. The first-order valence-corrected chi connectivity index (χ1v) is 5.91. The molecule has 0 saturated heterocycles. The van der Waals surface area contributed by atoms with E-state index in [0.29, 0.717) is 22.2 Å². The summed E-state index contributed by atoms with van der Waals surface area (Å²) in [4.78, 5) is 4.10. The van der Waals surface area contributed by atoms with Crippen LogP contribution in [0.15, 0.2) is 30.7 Å². The molecular weight excluding hydrogens is 259 g/mol. The highest BCUT2D eigenvalue weighted by atomic mass is 35.5. The first kappa shape index (κ1) is 12.4. The number of aliphatic hydroxyl groups is 1. The maximum atomic E-state index is 10.0. The largest absolute Gasteiger partial charge is 0.386 e. The third-order valence-corrected chi connectivity index (χ3v) is 3.09. The third kappa shape index (κ3) is 3.00. The summed E-state index contributed by atoms with van der Waals surface area (Å²) in [6.07, 6.45) is 3.16. The second-order valence-corrected chi connectivity index (χ2v) is 4.76. The van der Waals surface area contributed by atoms with Crippen LogP contribution < -0.4 is 0 Å². The van der Waals surface area contributed by atoms with E-state index in [1.54, 1.807) is 35.3 Å². The summed E-state index contributed by atoms with van der Waals surface area (Å²) in [6.45, 7) is 0. The van der Waals surface area contributed by atoms with Crippen LogP contribution in [-0.2, 0) is 13.5 Å². The van der Waals surface area contributed by atoms with Gasteiger partial charge in [0.1, 0.15) is 6.10 Å². The fraction of sp³-hybridized carbons (Fsp3) is 0.250. The second kappa shape index (κ2) is 5.08. The van der Waals surface area contributed by atoms with Gasteiger partial charge in [-0.2, -0.15) is 0 Å². The maximum absolute atomic E-state index is 10.0.